The zero-order valence-electron chi connectivity index (χ0n) is 14.1. The molecular weight excluding hydrogens is 395 g/mol. The van der Waals surface area contributed by atoms with Crippen LogP contribution in [0.3, 0.4) is 0 Å². The van der Waals surface area contributed by atoms with E-state index < -0.39 is 6.04 Å². The van der Waals surface area contributed by atoms with Crippen LogP contribution in [0.25, 0.3) is 0 Å². The number of aryl methyl sites for hydroxylation is 1. The smallest absolute Gasteiger partial charge is 0.254 e. The van der Waals surface area contributed by atoms with Gasteiger partial charge in [0.15, 0.2) is 0 Å². The molecule has 3 rings (SSSR count). The molecule has 2 aromatic rings. The molecule has 1 aliphatic heterocycles. The van der Waals surface area contributed by atoms with Crippen molar-refractivity contribution in [3.63, 3.8) is 0 Å². The van der Waals surface area contributed by atoms with Gasteiger partial charge in [-0.15, -0.1) is 0 Å². The lowest BCUT2D eigenvalue weighted by atomic mass is 10.1. The Morgan fingerprint density at radius 1 is 1.08 bits per heavy atom. The van der Waals surface area contributed by atoms with Gasteiger partial charge in [-0.2, -0.15) is 0 Å². The molecule has 0 radical (unpaired) electrons. The van der Waals surface area contributed by atoms with E-state index in [0.29, 0.717) is 39.3 Å². The highest BCUT2D eigenvalue weighted by molar-refractivity contribution is 6.42. The highest BCUT2D eigenvalue weighted by atomic mass is 35.5. The van der Waals surface area contributed by atoms with Gasteiger partial charge in [0.05, 0.1) is 10.0 Å². The third-order valence-corrected chi connectivity index (χ3v) is 5.41. The van der Waals surface area contributed by atoms with E-state index in [1.807, 2.05) is 13.0 Å². The minimum Gasteiger partial charge on any atom is -0.327 e. The summed E-state index contributed by atoms with van der Waals surface area (Å²) in [5.41, 5.74) is 1.97. The molecule has 136 valence electrons. The lowest BCUT2D eigenvalue weighted by molar-refractivity contribution is -0.119. The molecule has 2 amide bonds. The van der Waals surface area contributed by atoms with E-state index in [-0.39, 0.29) is 11.8 Å². The number of carbonyl (C=O) groups excluding carboxylic acids is 2. The number of hydrogen-bond donors (Lipinski definition) is 1. The van der Waals surface area contributed by atoms with Crippen LogP contribution in [-0.4, -0.2) is 29.3 Å². The Labute approximate surface area is 167 Å². The molecule has 26 heavy (non-hydrogen) atoms. The Hall–Kier alpha value is -1.75. The van der Waals surface area contributed by atoms with E-state index in [9.17, 15) is 9.59 Å². The first-order valence-electron chi connectivity index (χ1n) is 8.20. The van der Waals surface area contributed by atoms with Crippen LogP contribution in [0.1, 0.15) is 28.8 Å². The van der Waals surface area contributed by atoms with Crippen molar-refractivity contribution in [2.24, 2.45) is 0 Å². The lowest BCUT2D eigenvalue weighted by Gasteiger charge is -2.24. The van der Waals surface area contributed by atoms with Gasteiger partial charge in [0.25, 0.3) is 5.91 Å². The number of hydrogen-bond acceptors (Lipinski definition) is 2. The van der Waals surface area contributed by atoms with Crippen LogP contribution in [0.2, 0.25) is 15.1 Å². The highest BCUT2D eigenvalue weighted by Gasteiger charge is 2.34. The monoisotopic (exact) mass is 410 g/mol. The molecule has 0 saturated carbocycles. The van der Waals surface area contributed by atoms with Crippen molar-refractivity contribution in [1.82, 2.24) is 4.90 Å². The van der Waals surface area contributed by atoms with Gasteiger partial charge in [0.1, 0.15) is 6.04 Å². The van der Waals surface area contributed by atoms with Crippen LogP contribution in [-0.2, 0) is 4.79 Å². The third-order valence-electron chi connectivity index (χ3n) is 4.44. The number of amides is 2. The van der Waals surface area contributed by atoms with Crippen LogP contribution in [0.5, 0.6) is 0 Å². The first kappa shape index (κ1) is 19.0. The normalized spacial score (nSPS) is 16.6. The van der Waals surface area contributed by atoms with Crippen molar-refractivity contribution in [3.05, 3.63) is 62.6 Å². The van der Waals surface area contributed by atoms with Crippen LogP contribution >= 0.6 is 34.8 Å². The number of rotatable bonds is 3. The van der Waals surface area contributed by atoms with E-state index in [1.54, 1.807) is 29.2 Å². The molecular formula is C19H17Cl3N2O2. The summed E-state index contributed by atoms with van der Waals surface area (Å²) in [4.78, 5) is 27.2. The van der Waals surface area contributed by atoms with Gasteiger partial charge >= 0.3 is 0 Å². The quantitative estimate of drug-likeness (QED) is 0.755. The maximum absolute atomic E-state index is 12.8. The van der Waals surface area contributed by atoms with Gasteiger partial charge in [-0.1, -0.05) is 40.9 Å². The van der Waals surface area contributed by atoms with Crippen molar-refractivity contribution < 1.29 is 9.59 Å². The largest absolute Gasteiger partial charge is 0.327 e. The maximum Gasteiger partial charge on any atom is 0.254 e. The average molecular weight is 412 g/mol. The summed E-state index contributed by atoms with van der Waals surface area (Å²) in [6.45, 7) is 2.41. The molecule has 2 aromatic carbocycles. The molecule has 0 spiro atoms. The minimum atomic E-state index is -0.532. The Balaban J connectivity index is 1.78. The zero-order chi connectivity index (χ0) is 18.8. The molecule has 1 heterocycles. The summed E-state index contributed by atoms with van der Waals surface area (Å²) in [5, 5.41) is 4.12. The zero-order valence-corrected chi connectivity index (χ0v) is 16.3. The SMILES string of the molecule is Cc1ccc(Cl)cc1NC(=O)C1CCCN1C(=O)c1ccc(Cl)c(Cl)c1. The Kier molecular flexibility index (Phi) is 5.76. The number of anilines is 1. The number of halogens is 3. The Morgan fingerprint density at radius 3 is 2.58 bits per heavy atom. The van der Waals surface area contributed by atoms with Gasteiger partial charge in [0, 0.05) is 22.8 Å². The first-order valence-corrected chi connectivity index (χ1v) is 9.33. The van der Waals surface area contributed by atoms with E-state index >= 15 is 0 Å². The Morgan fingerprint density at radius 2 is 1.85 bits per heavy atom. The standard InChI is InChI=1S/C19H17Cl3N2O2/c1-11-4-6-13(20)10-16(11)23-18(25)17-3-2-8-24(17)19(26)12-5-7-14(21)15(22)9-12/h4-7,9-10,17H,2-3,8H2,1H3,(H,23,25). The molecule has 4 nitrogen and oxygen atoms in total. The summed E-state index contributed by atoms with van der Waals surface area (Å²) in [6, 6.07) is 9.50. The molecule has 1 unspecified atom stereocenters. The molecule has 1 aliphatic rings. The molecule has 7 heteroatoms. The summed E-state index contributed by atoms with van der Waals surface area (Å²) < 4.78 is 0. The molecule has 1 fully saturated rings. The van der Waals surface area contributed by atoms with Crippen LogP contribution < -0.4 is 5.32 Å². The second-order valence-corrected chi connectivity index (χ2v) is 7.48. The predicted octanol–water partition coefficient (Wildman–Crippen LogP) is 5.20. The van der Waals surface area contributed by atoms with Crippen molar-refractivity contribution in [2.45, 2.75) is 25.8 Å². The minimum absolute atomic E-state index is 0.221. The predicted molar refractivity (Wildman–Crippen MR) is 105 cm³/mol. The second kappa shape index (κ2) is 7.87. The van der Waals surface area contributed by atoms with Crippen molar-refractivity contribution in [1.29, 1.82) is 0 Å². The molecule has 0 bridgehead atoms. The number of carbonyl (C=O) groups is 2. The summed E-state index contributed by atoms with van der Waals surface area (Å²) in [5.74, 6) is -0.453. The van der Waals surface area contributed by atoms with Crippen molar-refractivity contribution >= 4 is 52.3 Å². The number of nitrogens with one attached hydrogen (secondary N) is 1. The fourth-order valence-corrected chi connectivity index (χ4v) is 3.49. The van der Waals surface area contributed by atoms with Gasteiger partial charge < -0.3 is 10.2 Å². The molecule has 1 saturated heterocycles. The second-order valence-electron chi connectivity index (χ2n) is 6.23. The van der Waals surface area contributed by atoms with Crippen LogP contribution in [0, 0.1) is 6.92 Å². The third kappa shape index (κ3) is 3.98. The van der Waals surface area contributed by atoms with Crippen LogP contribution in [0.15, 0.2) is 36.4 Å². The van der Waals surface area contributed by atoms with Gasteiger partial charge in [0.2, 0.25) is 5.91 Å². The van der Waals surface area contributed by atoms with Crippen molar-refractivity contribution in [3.8, 4) is 0 Å². The highest BCUT2D eigenvalue weighted by Crippen LogP contribution is 2.27. The topological polar surface area (TPSA) is 49.4 Å². The average Bonchev–Trinajstić information content (AvgIpc) is 3.09. The molecule has 0 aromatic heterocycles. The lowest BCUT2D eigenvalue weighted by Crippen LogP contribution is -2.43. The fraction of sp³-hybridized carbons (Fsp3) is 0.263. The van der Waals surface area contributed by atoms with Crippen molar-refractivity contribution in [2.75, 3.05) is 11.9 Å². The maximum atomic E-state index is 12.8. The molecule has 0 aliphatic carbocycles. The van der Waals surface area contributed by atoms with E-state index in [4.69, 9.17) is 34.8 Å². The molecule has 1 N–H and O–H groups in total. The van der Waals surface area contributed by atoms with Gasteiger partial charge in [-0.3, -0.25) is 9.59 Å². The summed E-state index contributed by atoms with van der Waals surface area (Å²) in [7, 11) is 0. The number of benzene rings is 2. The van der Waals surface area contributed by atoms with Crippen LogP contribution in [0.4, 0.5) is 5.69 Å². The number of nitrogens with zero attached hydrogens (tertiary/aromatic N) is 1. The Bertz CT molecular complexity index is 870. The fourth-order valence-electron chi connectivity index (χ4n) is 3.02. The van der Waals surface area contributed by atoms with Gasteiger partial charge in [-0.25, -0.2) is 0 Å². The van der Waals surface area contributed by atoms with E-state index in [0.717, 1.165) is 12.0 Å². The van der Waals surface area contributed by atoms with E-state index in [2.05, 4.69) is 5.32 Å². The molecule has 1 atom stereocenters. The first-order chi connectivity index (χ1) is 12.4. The van der Waals surface area contributed by atoms with Gasteiger partial charge in [-0.05, 0) is 55.7 Å². The summed E-state index contributed by atoms with van der Waals surface area (Å²) in [6.07, 6.45) is 1.37. The number of likely N-dealkylation sites (tertiary alicyclic amines) is 1. The van der Waals surface area contributed by atoms with E-state index in [1.165, 1.54) is 6.07 Å². The summed E-state index contributed by atoms with van der Waals surface area (Å²) >= 11 is 17.9.